The highest BCUT2D eigenvalue weighted by molar-refractivity contribution is 4.81. The molecule has 1 aliphatic carbocycles. The third kappa shape index (κ3) is 8.32. The number of hydrogen-bond acceptors (Lipinski definition) is 0. The Balaban J connectivity index is 2.00. The van der Waals surface area contributed by atoms with E-state index >= 15 is 0 Å². The molecule has 0 saturated heterocycles. The van der Waals surface area contributed by atoms with E-state index in [1.807, 2.05) is 0 Å². The van der Waals surface area contributed by atoms with Gasteiger partial charge in [-0.05, 0) is 54.8 Å². The fourth-order valence-corrected chi connectivity index (χ4v) is 4.10. The molecular formula is C20H40. The van der Waals surface area contributed by atoms with Crippen molar-refractivity contribution < 1.29 is 0 Å². The van der Waals surface area contributed by atoms with E-state index < -0.39 is 0 Å². The molecule has 0 bridgehead atoms. The van der Waals surface area contributed by atoms with Gasteiger partial charge in [0, 0.05) is 0 Å². The van der Waals surface area contributed by atoms with E-state index in [1.54, 1.807) is 0 Å². The molecule has 0 aromatic heterocycles. The van der Waals surface area contributed by atoms with E-state index in [4.69, 9.17) is 0 Å². The first kappa shape index (κ1) is 18.1. The van der Waals surface area contributed by atoms with Gasteiger partial charge in [-0.1, -0.05) is 73.6 Å². The van der Waals surface area contributed by atoms with Crippen molar-refractivity contribution in [3.63, 3.8) is 0 Å². The predicted molar refractivity (Wildman–Crippen MR) is 92.0 cm³/mol. The van der Waals surface area contributed by atoms with Crippen LogP contribution in [0.15, 0.2) is 0 Å². The topological polar surface area (TPSA) is 0 Å². The number of rotatable bonds is 11. The Morgan fingerprint density at radius 3 is 2.15 bits per heavy atom. The van der Waals surface area contributed by atoms with Crippen LogP contribution in [0.1, 0.15) is 99.3 Å². The summed E-state index contributed by atoms with van der Waals surface area (Å²) >= 11 is 0. The Morgan fingerprint density at radius 2 is 1.60 bits per heavy atom. The van der Waals surface area contributed by atoms with Gasteiger partial charge in [0.2, 0.25) is 0 Å². The van der Waals surface area contributed by atoms with Gasteiger partial charge >= 0.3 is 0 Å². The molecule has 0 nitrogen and oxygen atoms in total. The van der Waals surface area contributed by atoms with E-state index in [2.05, 4.69) is 41.5 Å². The molecule has 1 fully saturated rings. The average Bonchev–Trinajstić information content (AvgIpc) is 2.97. The second-order valence-electron chi connectivity index (χ2n) is 9.03. The third-order valence-electron chi connectivity index (χ3n) is 5.23. The fourth-order valence-electron chi connectivity index (χ4n) is 4.10. The molecule has 1 aliphatic rings. The van der Waals surface area contributed by atoms with E-state index in [0.29, 0.717) is 5.41 Å². The van der Waals surface area contributed by atoms with Crippen LogP contribution in [0.3, 0.4) is 0 Å². The molecule has 20 heavy (non-hydrogen) atoms. The highest BCUT2D eigenvalue weighted by Gasteiger charge is 2.31. The molecule has 0 amide bonds. The molecule has 0 aromatic rings. The van der Waals surface area contributed by atoms with Gasteiger partial charge in [0.1, 0.15) is 0 Å². The van der Waals surface area contributed by atoms with Crippen LogP contribution in [0.25, 0.3) is 0 Å². The Bertz CT molecular complexity index is 251. The van der Waals surface area contributed by atoms with Crippen LogP contribution in [-0.4, -0.2) is 0 Å². The van der Waals surface area contributed by atoms with Crippen LogP contribution in [0.5, 0.6) is 0 Å². The molecule has 0 spiro atoms. The van der Waals surface area contributed by atoms with Gasteiger partial charge in [-0.25, -0.2) is 0 Å². The fraction of sp³-hybridized carbons (Fsp3) is 1.00. The zero-order chi connectivity index (χ0) is 15.2. The summed E-state index contributed by atoms with van der Waals surface area (Å²) in [6, 6.07) is 0. The predicted octanol–water partition coefficient (Wildman–Crippen LogP) is 7.08. The van der Waals surface area contributed by atoms with Crippen LogP contribution >= 0.6 is 0 Å². The van der Waals surface area contributed by atoms with Gasteiger partial charge in [0.05, 0.1) is 0 Å². The van der Waals surface area contributed by atoms with Crippen molar-refractivity contribution in [1.29, 1.82) is 0 Å². The minimum atomic E-state index is 0.555. The molecule has 0 radical (unpaired) electrons. The Hall–Kier alpha value is 0. The lowest BCUT2D eigenvalue weighted by molar-refractivity contribution is 0.230. The normalized spacial score (nSPS) is 24.1. The van der Waals surface area contributed by atoms with Crippen molar-refractivity contribution in [3.8, 4) is 0 Å². The highest BCUT2D eigenvalue weighted by Crippen LogP contribution is 2.41. The van der Waals surface area contributed by atoms with E-state index in [-0.39, 0.29) is 0 Å². The van der Waals surface area contributed by atoms with Gasteiger partial charge in [-0.15, -0.1) is 0 Å². The summed E-state index contributed by atoms with van der Waals surface area (Å²) in [4.78, 5) is 0. The quantitative estimate of drug-likeness (QED) is 0.355. The first-order valence-electron chi connectivity index (χ1n) is 9.30. The SMILES string of the molecule is CC(C)CC(C)CC(C)(C)CCCCCCC1CC1C. The van der Waals surface area contributed by atoms with Crippen molar-refractivity contribution in [2.24, 2.45) is 29.1 Å². The van der Waals surface area contributed by atoms with E-state index in [1.165, 1.54) is 57.8 Å². The minimum absolute atomic E-state index is 0.555. The maximum absolute atomic E-state index is 2.48. The molecule has 1 saturated carbocycles. The summed E-state index contributed by atoms with van der Waals surface area (Å²) in [6.07, 6.45) is 13.1. The van der Waals surface area contributed by atoms with Crippen molar-refractivity contribution in [2.45, 2.75) is 99.3 Å². The van der Waals surface area contributed by atoms with E-state index in [0.717, 1.165) is 23.7 Å². The zero-order valence-electron chi connectivity index (χ0n) is 15.2. The van der Waals surface area contributed by atoms with Gasteiger partial charge in [0.25, 0.3) is 0 Å². The minimum Gasteiger partial charge on any atom is -0.0628 e. The van der Waals surface area contributed by atoms with Crippen molar-refractivity contribution in [2.75, 3.05) is 0 Å². The Kier molecular flexibility index (Phi) is 7.62. The van der Waals surface area contributed by atoms with Gasteiger partial charge in [-0.2, -0.15) is 0 Å². The first-order valence-corrected chi connectivity index (χ1v) is 9.30. The summed E-state index contributed by atoms with van der Waals surface area (Å²) in [7, 11) is 0. The molecule has 3 unspecified atom stereocenters. The van der Waals surface area contributed by atoms with Crippen molar-refractivity contribution in [3.05, 3.63) is 0 Å². The van der Waals surface area contributed by atoms with Crippen molar-refractivity contribution >= 4 is 0 Å². The molecule has 0 heteroatoms. The summed E-state index contributed by atoms with van der Waals surface area (Å²) < 4.78 is 0. The number of hydrogen-bond donors (Lipinski definition) is 0. The summed E-state index contributed by atoms with van der Waals surface area (Å²) in [6.45, 7) is 14.5. The first-order chi connectivity index (χ1) is 9.30. The van der Waals surface area contributed by atoms with Gasteiger partial charge in [-0.3, -0.25) is 0 Å². The molecule has 0 aromatic carbocycles. The molecule has 0 heterocycles. The lowest BCUT2D eigenvalue weighted by Crippen LogP contribution is -2.16. The second kappa shape index (κ2) is 8.44. The maximum atomic E-state index is 2.48. The smallest absolute Gasteiger partial charge is 0.0352 e. The van der Waals surface area contributed by atoms with E-state index in [9.17, 15) is 0 Å². The maximum Gasteiger partial charge on any atom is -0.0352 e. The van der Waals surface area contributed by atoms with Crippen LogP contribution in [0, 0.1) is 29.1 Å². The number of unbranched alkanes of at least 4 members (excludes halogenated alkanes) is 3. The molecule has 0 N–H and O–H groups in total. The Morgan fingerprint density at radius 1 is 1.00 bits per heavy atom. The van der Waals surface area contributed by atoms with Crippen LogP contribution < -0.4 is 0 Å². The lowest BCUT2D eigenvalue weighted by atomic mass is 9.77. The lowest BCUT2D eigenvalue weighted by Gasteiger charge is -2.29. The van der Waals surface area contributed by atoms with Crippen LogP contribution in [0.2, 0.25) is 0 Å². The Labute approximate surface area is 129 Å². The average molecular weight is 281 g/mol. The standard InChI is InChI=1S/C20H40/c1-16(2)13-17(3)15-20(5,6)12-10-8-7-9-11-19-14-18(19)4/h16-19H,7-15H2,1-6H3. The molecule has 1 rings (SSSR count). The van der Waals surface area contributed by atoms with Crippen molar-refractivity contribution in [1.82, 2.24) is 0 Å². The van der Waals surface area contributed by atoms with Gasteiger partial charge < -0.3 is 0 Å². The summed E-state index contributed by atoms with van der Waals surface area (Å²) in [5, 5.41) is 0. The second-order valence-corrected chi connectivity index (χ2v) is 9.03. The van der Waals surface area contributed by atoms with Gasteiger partial charge in [0.15, 0.2) is 0 Å². The molecule has 120 valence electrons. The highest BCUT2D eigenvalue weighted by atomic mass is 14.4. The summed E-state index contributed by atoms with van der Waals surface area (Å²) in [5.74, 6) is 3.90. The monoisotopic (exact) mass is 280 g/mol. The summed E-state index contributed by atoms with van der Waals surface area (Å²) in [5.41, 5.74) is 0.555. The molecule has 0 aliphatic heterocycles. The largest absolute Gasteiger partial charge is 0.0628 e. The molecular weight excluding hydrogens is 240 g/mol. The van der Waals surface area contributed by atoms with Crippen LogP contribution in [0.4, 0.5) is 0 Å². The zero-order valence-corrected chi connectivity index (χ0v) is 15.2. The molecule has 3 atom stereocenters. The third-order valence-corrected chi connectivity index (χ3v) is 5.23. The van der Waals surface area contributed by atoms with Crippen LogP contribution in [-0.2, 0) is 0 Å².